The lowest BCUT2D eigenvalue weighted by Gasteiger charge is -1.91. The minimum Gasteiger partial charge on any atom is -0.399 e. The van der Waals surface area contributed by atoms with E-state index in [1.807, 2.05) is 0 Å². The molecule has 0 atom stereocenters. The normalized spacial score (nSPS) is 9.89. The molecule has 0 aromatic heterocycles. The fourth-order valence-corrected chi connectivity index (χ4v) is 0.362. The first-order valence-electron chi connectivity index (χ1n) is 2.78. The maximum atomic E-state index is 4.43. The van der Waals surface area contributed by atoms with Crippen LogP contribution in [0.5, 0.6) is 0 Å². The molecule has 9 heavy (non-hydrogen) atoms. The van der Waals surface area contributed by atoms with E-state index >= 15 is 0 Å². The van der Waals surface area contributed by atoms with Gasteiger partial charge in [0, 0.05) is 13.1 Å². The number of hydrogen-bond donors (Lipinski definition) is 1. The summed E-state index contributed by atoms with van der Waals surface area (Å²) < 4.78 is 0. The molecule has 0 bridgehead atoms. The summed E-state index contributed by atoms with van der Waals surface area (Å²) in [5.41, 5.74) is 0. The summed E-state index contributed by atoms with van der Waals surface area (Å²) in [6, 6.07) is 0. The van der Waals surface area contributed by atoms with E-state index in [9.17, 15) is 0 Å². The van der Waals surface area contributed by atoms with Gasteiger partial charge in [-0.25, -0.2) is 0 Å². The molecule has 0 aliphatic rings. The van der Waals surface area contributed by atoms with Crippen molar-refractivity contribution in [2.45, 2.75) is 0 Å². The third-order valence-electron chi connectivity index (χ3n) is 0.704. The van der Waals surface area contributed by atoms with Crippen LogP contribution in [0.3, 0.4) is 0 Å². The second kappa shape index (κ2) is 7.17. The van der Waals surface area contributed by atoms with Gasteiger partial charge >= 0.3 is 0 Å². The lowest BCUT2D eigenvalue weighted by atomic mass is 10.6. The average Bonchev–Trinajstić information content (AvgIpc) is 1.89. The molecule has 0 saturated carbocycles. The molecule has 52 valence electrons. The summed E-state index contributed by atoms with van der Waals surface area (Å²) in [4.78, 5) is 4.43. The molecule has 0 heterocycles. The Balaban J connectivity index is 2.90. The molecule has 0 spiro atoms. The van der Waals surface area contributed by atoms with Gasteiger partial charge in [0.2, 0.25) is 0 Å². The molecule has 1 N–H and O–H groups in total. The van der Waals surface area contributed by atoms with Gasteiger partial charge in [-0.2, -0.15) is 0 Å². The monoisotopic (exact) mass is 128 g/mol. The number of rotatable bonds is 5. The van der Waals surface area contributed by atoms with Crippen molar-refractivity contribution in [3.63, 3.8) is 0 Å². The van der Waals surface area contributed by atoms with Gasteiger partial charge in [-0.15, -0.1) is 6.58 Å². The minimum absolute atomic E-state index is 0.722. The van der Waals surface area contributed by atoms with E-state index < -0.39 is 0 Å². The van der Waals surface area contributed by atoms with Gasteiger partial charge in [0.05, 0.1) is 6.21 Å². The fraction of sp³-hybridized carbons (Fsp3) is 0.500. The van der Waals surface area contributed by atoms with Crippen molar-refractivity contribution in [1.29, 1.82) is 0 Å². The van der Waals surface area contributed by atoms with Crippen LogP contribution in [0.1, 0.15) is 0 Å². The molecule has 0 aliphatic heterocycles. The maximum absolute atomic E-state index is 4.43. The van der Waals surface area contributed by atoms with E-state index in [0.717, 1.165) is 13.1 Å². The molecular formula is C6H12N2O. The van der Waals surface area contributed by atoms with Crippen LogP contribution in [-0.2, 0) is 4.84 Å². The van der Waals surface area contributed by atoms with Crippen LogP contribution in [-0.4, -0.2) is 26.4 Å². The van der Waals surface area contributed by atoms with E-state index in [4.69, 9.17) is 0 Å². The maximum Gasteiger partial charge on any atom is 0.106 e. The van der Waals surface area contributed by atoms with Gasteiger partial charge in [-0.3, -0.25) is 0 Å². The summed E-state index contributed by atoms with van der Waals surface area (Å²) in [6.45, 7) is 5.06. The highest BCUT2D eigenvalue weighted by Gasteiger charge is 1.74. The van der Waals surface area contributed by atoms with Gasteiger partial charge in [-0.05, 0) is 0 Å². The quantitative estimate of drug-likeness (QED) is 0.251. The van der Waals surface area contributed by atoms with Crippen molar-refractivity contribution in [3.05, 3.63) is 12.7 Å². The fourth-order valence-electron chi connectivity index (χ4n) is 0.362. The molecule has 0 saturated heterocycles. The summed E-state index contributed by atoms with van der Waals surface area (Å²) >= 11 is 0. The van der Waals surface area contributed by atoms with Gasteiger partial charge in [0.25, 0.3) is 0 Å². The number of hydrogen-bond acceptors (Lipinski definition) is 3. The molecular weight excluding hydrogens is 116 g/mol. The Morgan fingerprint density at radius 2 is 2.44 bits per heavy atom. The van der Waals surface area contributed by atoms with Crippen LogP contribution in [0.15, 0.2) is 17.8 Å². The molecule has 0 rings (SSSR count). The van der Waals surface area contributed by atoms with Gasteiger partial charge < -0.3 is 10.2 Å². The van der Waals surface area contributed by atoms with Gasteiger partial charge in [-0.1, -0.05) is 11.2 Å². The summed E-state index contributed by atoms with van der Waals surface area (Å²) in [6.07, 6.45) is 3.45. The number of oxime groups is 1. The highest BCUT2D eigenvalue weighted by Crippen LogP contribution is 1.62. The number of nitrogens with one attached hydrogen (secondary N) is 1. The third kappa shape index (κ3) is 7.17. The predicted molar refractivity (Wildman–Crippen MR) is 38.6 cm³/mol. The average molecular weight is 128 g/mol. The van der Waals surface area contributed by atoms with Gasteiger partial charge in [0.1, 0.15) is 7.11 Å². The second-order valence-electron chi connectivity index (χ2n) is 1.42. The Labute approximate surface area is 55.4 Å². The van der Waals surface area contributed by atoms with Gasteiger partial charge in [0.15, 0.2) is 0 Å². The Hall–Kier alpha value is -0.830. The van der Waals surface area contributed by atoms with Crippen molar-refractivity contribution in [1.82, 2.24) is 5.32 Å². The minimum atomic E-state index is 0.722. The first-order chi connectivity index (χ1) is 4.41. The lowest BCUT2D eigenvalue weighted by Crippen LogP contribution is -2.15. The largest absolute Gasteiger partial charge is 0.399 e. The highest BCUT2D eigenvalue weighted by atomic mass is 16.6. The number of nitrogens with zero attached hydrogens (tertiary/aromatic N) is 1. The van der Waals surface area contributed by atoms with E-state index in [2.05, 4.69) is 21.9 Å². The molecule has 0 aromatic rings. The molecule has 0 radical (unpaired) electrons. The molecule has 0 fully saturated rings. The standard InChI is InChI=1S/C6H12N2O/c1-3-4-7-5-6-8-9-2/h3,6-7H,1,4-5H2,2H3. The Kier molecular flexibility index (Phi) is 6.51. The smallest absolute Gasteiger partial charge is 0.106 e. The lowest BCUT2D eigenvalue weighted by molar-refractivity contribution is 0.214. The van der Waals surface area contributed by atoms with E-state index in [0.29, 0.717) is 0 Å². The third-order valence-corrected chi connectivity index (χ3v) is 0.704. The zero-order valence-corrected chi connectivity index (χ0v) is 5.63. The highest BCUT2D eigenvalue weighted by molar-refractivity contribution is 5.58. The van der Waals surface area contributed by atoms with Crippen LogP contribution < -0.4 is 5.32 Å². The van der Waals surface area contributed by atoms with E-state index in [-0.39, 0.29) is 0 Å². The van der Waals surface area contributed by atoms with Crippen molar-refractivity contribution >= 4 is 6.21 Å². The topological polar surface area (TPSA) is 33.6 Å². The molecule has 0 aliphatic carbocycles. The van der Waals surface area contributed by atoms with Crippen molar-refractivity contribution in [3.8, 4) is 0 Å². The van der Waals surface area contributed by atoms with Crippen LogP contribution in [0.2, 0.25) is 0 Å². The predicted octanol–water partition coefficient (Wildman–Crippen LogP) is 0.394. The summed E-state index contributed by atoms with van der Waals surface area (Å²) in [5, 5.41) is 6.54. The first kappa shape index (κ1) is 8.17. The Morgan fingerprint density at radius 3 is 3.00 bits per heavy atom. The Bertz CT molecular complexity index is 91.1. The SMILES string of the molecule is C=CCNCC=NOC. The van der Waals surface area contributed by atoms with Crippen molar-refractivity contribution in [2.24, 2.45) is 5.16 Å². The van der Waals surface area contributed by atoms with E-state index in [1.54, 1.807) is 12.3 Å². The summed E-state index contributed by atoms with van der Waals surface area (Å²) in [7, 11) is 1.52. The molecule has 3 heteroatoms. The Morgan fingerprint density at radius 1 is 1.67 bits per heavy atom. The summed E-state index contributed by atoms with van der Waals surface area (Å²) in [5.74, 6) is 0. The van der Waals surface area contributed by atoms with Crippen LogP contribution in [0.4, 0.5) is 0 Å². The van der Waals surface area contributed by atoms with Crippen molar-refractivity contribution in [2.75, 3.05) is 20.2 Å². The molecule has 0 aromatic carbocycles. The zero-order chi connectivity index (χ0) is 6.95. The van der Waals surface area contributed by atoms with Crippen LogP contribution >= 0.6 is 0 Å². The molecule has 0 amide bonds. The first-order valence-corrected chi connectivity index (χ1v) is 2.78. The zero-order valence-electron chi connectivity index (χ0n) is 5.63. The molecule has 0 unspecified atom stereocenters. The van der Waals surface area contributed by atoms with Crippen LogP contribution in [0, 0.1) is 0 Å². The van der Waals surface area contributed by atoms with Crippen LogP contribution in [0.25, 0.3) is 0 Å². The van der Waals surface area contributed by atoms with Crippen molar-refractivity contribution < 1.29 is 4.84 Å². The van der Waals surface area contributed by atoms with E-state index in [1.165, 1.54) is 7.11 Å². The molecule has 3 nitrogen and oxygen atoms in total. The second-order valence-corrected chi connectivity index (χ2v) is 1.42.